The van der Waals surface area contributed by atoms with E-state index in [0.29, 0.717) is 5.82 Å². The molecule has 0 amide bonds. The summed E-state index contributed by atoms with van der Waals surface area (Å²) in [6.07, 6.45) is 3.49. The summed E-state index contributed by atoms with van der Waals surface area (Å²) in [7, 11) is 0. The van der Waals surface area contributed by atoms with Gasteiger partial charge in [-0.15, -0.1) is 5.10 Å². The lowest BCUT2D eigenvalue weighted by molar-refractivity contribution is 0.530. The fourth-order valence-electron chi connectivity index (χ4n) is 3.51. The number of aromatic nitrogens is 6. The van der Waals surface area contributed by atoms with Crippen LogP contribution in [-0.2, 0) is 0 Å². The number of rotatable bonds is 4. The minimum atomic E-state index is -0.277. The van der Waals surface area contributed by atoms with Gasteiger partial charge in [0, 0.05) is 35.1 Å². The third-order valence-corrected chi connectivity index (χ3v) is 5.01. The normalized spacial score (nSPS) is 11.5. The molecule has 6 nitrogen and oxygen atoms in total. The lowest BCUT2D eigenvalue weighted by Gasteiger charge is -2.07. The molecule has 7 heteroatoms. The zero-order chi connectivity index (χ0) is 20.7. The standard InChI is InChI=1S/C23H19FN6/c1-14(2)30-20-12-16(7-10-19(20)28-29-30)22-21(15-5-8-18(24)9-6-15)26-23(27-22)17-4-3-11-25-13-17/h3-14H,1-2H3,(H,26,27). The highest BCUT2D eigenvalue weighted by Gasteiger charge is 2.17. The first-order valence-electron chi connectivity index (χ1n) is 9.72. The first kappa shape index (κ1) is 18.2. The van der Waals surface area contributed by atoms with Gasteiger partial charge < -0.3 is 4.98 Å². The number of halogens is 1. The molecular formula is C23H19FN6. The van der Waals surface area contributed by atoms with Crippen molar-refractivity contribution >= 4 is 11.0 Å². The summed E-state index contributed by atoms with van der Waals surface area (Å²) in [6, 6.07) is 16.4. The molecule has 0 aliphatic rings. The summed E-state index contributed by atoms with van der Waals surface area (Å²) >= 11 is 0. The summed E-state index contributed by atoms with van der Waals surface area (Å²) in [4.78, 5) is 12.5. The first-order valence-corrected chi connectivity index (χ1v) is 9.72. The fraction of sp³-hybridized carbons (Fsp3) is 0.130. The smallest absolute Gasteiger partial charge is 0.140 e. The Hall–Kier alpha value is -3.87. The molecule has 30 heavy (non-hydrogen) atoms. The number of imidazole rings is 1. The second-order valence-corrected chi connectivity index (χ2v) is 7.39. The van der Waals surface area contributed by atoms with E-state index in [9.17, 15) is 4.39 Å². The Morgan fingerprint density at radius 2 is 1.77 bits per heavy atom. The molecule has 0 atom stereocenters. The van der Waals surface area contributed by atoms with E-state index in [0.717, 1.165) is 39.1 Å². The number of pyridine rings is 1. The van der Waals surface area contributed by atoms with Crippen molar-refractivity contribution in [3.05, 3.63) is 72.8 Å². The van der Waals surface area contributed by atoms with Gasteiger partial charge in [-0.2, -0.15) is 0 Å². The van der Waals surface area contributed by atoms with E-state index in [-0.39, 0.29) is 11.9 Å². The van der Waals surface area contributed by atoms with Gasteiger partial charge in [-0.3, -0.25) is 4.98 Å². The number of aromatic amines is 1. The van der Waals surface area contributed by atoms with Crippen LogP contribution < -0.4 is 0 Å². The van der Waals surface area contributed by atoms with Gasteiger partial charge in [-0.25, -0.2) is 14.1 Å². The molecule has 0 saturated heterocycles. The van der Waals surface area contributed by atoms with Gasteiger partial charge in [-0.1, -0.05) is 11.3 Å². The molecule has 0 spiro atoms. The number of hydrogen-bond acceptors (Lipinski definition) is 4. The molecule has 0 bridgehead atoms. The van der Waals surface area contributed by atoms with E-state index in [4.69, 9.17) is 4.98 Å². The molecule has 2 aromatic carbocycles. The molecule has 5 rings (SSSR count). The highest BCUT2D eigenvalue weighted by Crippen LogP contribution is 2.34. The van der Waals surface area contributed by atoms with Crippen LogP contribution in [0, 0.1) is 5.82 Å². The number of nitrogens with one attached hydrogen (secondary N) is 1. The van der Waals surface area contributed by atoms with Crippen molar-refractivity contribution in [2.24, 2.45) is 0 Å². The molecule has 0 fully saturated rings. The first-order chi connectivity index (χ1) is 14.6. The maximum atomic E-state index is 13.5. The maximum absolute atomic E-state index is 13.5. The van der Waals surface area contributed by atoms with Crippen LogP contribution in [0.1, 0.15) is 19.9 Å². The average Bonchev–Trinajstić information content (AvgIpc) is 3.39. The van der Waals surface area contributed by atoms with Crippen LogP contribution >= 0.6 is 0 Å². The van der Waals surface area contributed by atoms with Crippen LogP contribution in [0.25, 0.3) is 44.9 Å². The van der Waals surface area contributed by atoms with Gasteiger partial charge in [0.25, 0.3) is 0 Å². The van der Waals surface area contributed by atoms with Crippen molar-refractivity contribution < 1.29 is 4.39 Å². The van der Waals surface area contributed by atoms with Crippen LogP contribution in [0.2, 0.25) is 0 Å². The van der Waals surface area contributed by atoms with Gasteiger partial charge in [0.1, 0.15) is 17.2 Å². The Morgan fingerprint density at radius 1 is 0.967 bits per heavy atom. The molecule has 0 unspecified atom stereocenters. The molecule has 0 aliphatic carbocycles. The SMILES string of the molecule is CC(C)n1nnc2ccc(-c3nc(-c4cccnc4)[nH]c3-c3ccc(F)cc3)cc21. The third kappa shape index (κ3) is 3.14. The van der Waals surface area contributed by atoms with Gasteiger partial charge in [0.05, 0.1) is 16.9 Å². The number of fused-ring (bicyclic) bond motifs is 1. The highest BCUT2D eigenvalue weighted by atomic mass is 19.1. The monoisotopic (exact) mass is 398 g/mol. The Bertz CT molecular complexity index is 1320. The zero-order valence-corrected chi connectivity index (χ0v) is 16.5. The topological polar surface area (TPSA) is 72.3 Å². The Labute approximate surface area is 172 Å². The zero-order valence-electron chi connectivity index (χ0n) is 16.5. The summed E-state index contributed by atoms with van der Waals surface area (Å²) < 4.78 is 15.4. The van der Waals surface area contributed by atoms with Crippen molar-refractivity contribution in [3.63, 3.8) is 0 Å². The van der Waals surface area contributed by atoms with E-state index in [1.807, 2.05) is 35.0 Å². The summed E-state index contributed by atoms with van der Waals surface area (Å²) in [5.41, 5.74) is 6.03. The average molecular weight is 398 g/mol. The summed E-state index contributed by atoms with van der Waals surface area (Å²) in [5, 5.41) is 8.51. The Balaban J connectivity index is 1.72. The molecule has 0 radical (unpaired) electrons. The van der Waals surface area contributed by atoms with Gasteiger partial charge in [0.2, 0.25) is 0 Å². The van der Waals surface area contributed by atoms with Gasteiger partial charge in [-0.05, 0) is 62.4 Å². The molecule has 1 N–H and O–H groups in total. The number of nitrogens with zero attached hydrogens (tertiary/aromatic N) is 5. The minimum absolute atomic E-state index is 0.187. The quantitative estimate of drug-likeness (QED) is 0.448. The Morgan fingerprint density at radius 3 is 2.50 bits per heavy atom. The second-order valence-electron chi connectivity index (χ2n) is 7.39. The predicted octanol–water partition coefficient (Wildman–Crippen LogP) is 5.27. The van der Waals surface area contributed by atoms with E-state index < -0.39 is 0 Å². The van der Waals surface area contributed by atoms with Crippen molar-refractivity contribution in [3.8, 4) is 33.9 Å². The lowest BCUT2D eigenvalue weighted by Crippen LogP contribution is -2.02. The molecule has 3 heterocycles. The third-order valence-electron chi connectivity index (χ3n) is 5.01. The van der Waals surface area contributed by atoms with Gasteiger partial charge in [0.15, 0.2) is 0 Å². The van der Waals surface area contributed by atoms with Gasteiger partial charge >= 0.3 is 0 Å². The molecule has 148 valence electrons. The van der Waals surface area contributed by atoms with Crippen molar-refractivity contribution in [1.29, 1.82) is 0 Å². The highest BCUT2D eigenvalue weighted by molar-refractivity contribution is 5.86. The number of H-pyrrole nitrogens is 1. The number of benzene rings is 2. The lowest BCUT2D eigenvalue weighted by atomic mass is 10.0. The molecule has 3 aromatic heterocycles. The van der Waals surface area contributed by atoms with Crippen LogP contribution in [0.5, 0.6) is 0 Å². The van der Waals surface area contributed by atoms with Crippen molar-refractivity contribution in [2.75, 3.05) is 0 Å². The van der Waals surface area contributed by atoms with Crippen molar-refractivity contribution in [1.82, 2.24) is 29.9 Å². The minimum Gasteiger partial charge on any atom is -0.337 e. The molecule has 0 saturated carbocycles. The van der Waals surface area contributed by atoms with E-state index in [2.05, 4.69) is 34.1 Å². The fourth-order valence-corrected chi connectivity index (χ4v) is 3.51. The molecular weight excluding hydrogens is 379 g/mol. The molecule has 0 aliphatic heterocycles. The predicted molar refractivity (Wildman–Crippen MR) is 114 cm³/mol. The summed E-state index contributed by atoms with van der Waals surface area (Å²) in [5.74, 6) is 0.425. The van der Waals surface area contributed by atoms with Crippen molar-refractivity contribution in [2.45, 2.75) is 19.9 Å². The second kappa shape index (κ2) is 7.18. The molecule has 5 aromatic rings. The van der Waals surface area contributed by atoms with E-state index >= 15 is 0 Å². The van der Waals surface area contributed by atoms with E-state index in [1.165, 1.54) is 12.1 Å². The van der Waals surface area contributed by atoms with Crippen LogP contribution in [0.3, 0.4) is 0 Å². The summed E-state index contributed by atoms with van der Waals surface area (Å²) in [6.45, 7) is 4.14. The van der Waals surface area contributed by atoms with E-state index in [1.54, 1.807) is 24.5 Å². The van der Waals surface area contributed by atoms with Crippen LogP contribution in [0.15, 0.2) is 67.0 Å². The Kier molecular flexibility index (Phi) is 4.35. The van der Waals surface area contributed by atoms with Crippen LogP contribution in [0.4, 0.5) is 4.39 Å². The van der Waals surface area contributed by atoms with Crippen LogP contribution in [-0.4, -0.2) is 29.9 Å². The largest absolute Gasteiger partial charge is 0.337 e. The number of hydrogen-bond donors (Lipinski definition) is 1. The maximum Gasteiger partial charge on any atom is 0.140 e.